The van der Waals surface area contributed by atoms with Gasteiger partial charge in [-0.1, -0.05) is 18.2 Å². The first-order valence-electron chi connectivity index (χ1n) is 7.78. The number of rotatable bonds is 5. The number of anilines is 1. The predicted octanol–water partition coefficient (Wildman–Crippen LogP) is 3.31. The molecule has 124 valence electrons. The molecule has 6 heteroatoms. The highest BCUT2D eigenvalue weighted by molar-refractivity contribution is 5.89. The summed E-state index contributed by atoms with van der Waals surface area (Å²) in [6.45, 7) is 0.682. The molecular weight excluding hydrogens is 316 g/mol. The van der Waals surface area contributed by atoms with Crippen LogP contribution >= 0.6 is 0 Å². The summed E-state index contributed by atoms with van der Waals surface area (Å²) in [6.07, 6.45) is 1.72. The third kappa shape index (κ3) is 4.24. The van der Waals surface area contributed by atoms with E-state index in [4.69, 9.17) is 10.00 Å². The van der Waals surface area contributed by atoms with Crippen molar-refractivity contribution in [3.8, 4) is 11.8 Å². The van der Waals surface area contributed by atoms with E-state index in [2.05, 4.69) is 15.6 Å². The first-order valence-corrected chi connectivity index (χ1v) is 7.78. The highest BCUT2D eigenvalue weighted by atomic mass is 16.5. The van der Waals surface area contributed by atoms with Crippen molar-refractivity contribution in [2.24, 2.45) is 0 Å². The van der Waals surface area contributed by atoms with Crippen LogP contribution in [-0.4, -0.2) is 24.2 Å². The molecule has 2 aromatic carbocycles. The van der Waals surface area contributed by atoms with Gasteiger partial charge in [0.05, 0.1) is 18.2 Å². The van der Waals surface area contributed by atoms with Gasteiger partial charge >= 0.3 is 6.03 Å². The number of nitrogens with one attached hydrogen (secondary N) is 2. The smallest absolute Gasteiger partial charge is 0.319 e. The maximum atomic E-state index is 11.8. The maximum Gasteiger partial charge on any atom is 0.319 e. The maximum absolute atomic E-state index is 11.8. The summed E-state index contributed by atoms with van der Waals surface area (Å²) in [4.78, 5) is 16.2. The lowest BCUT2D eigenvalue weighted by Gasteiger charge is -2.10. The third-order valence-corrected chi connectivity index (χ3v) is 3.51. The Morgan fingerprint density at radius 2 is 1.92 bits per heavy atom. The second-order valence-corrected chi connectivity index (χ2v) is 5.25. The molecule has 3 aromatic rings. The molecule has 6 nitrogen and oxygen atoms in total. The normalized spacial score (nSPS) is 10.0. The lowest BCUT2D eigenvalue weighted by Crippen LogP contribution is -2.32. The van der Waals surface area contributed by atoms with Crippen LogP contribution in [0.4, 0.5) is 10.5 Å². The van der Waals surface area contributed by atoms with Crippen LogP contribution in [0, 0.1) is 11.3 Å². The molecule has 25 heavy (non-hydrogen) atoms. The second kappa shape index (κ2) is 7.79. The Hall–Kier alpha value is -3.59. The Morgan fingerprint density at radius 1 is 1.12 bits per heavy atom. The first kappa shape index (κ1) is 16.3. The van der Waals surface area contributed by atoms with Crippen molar-refractivity contribution in [3.63, 3.8) is 0 Å². The topological polar surface area (TPSA) is 87.0 Å². The molecule has 0 atom stereocenters. The average molecular weight is 332 g/mol. The predicted molar refractivity (Wildman–Crippen MR) is 95.4 cm³/mol. The SMILES string of the molecule is N#Cc1ccc(NC(=O)NCCOc2cccc3cccnc23)cc1. The molecule has 0 aliphatic heterocycles. The molecule has 3 rings (SSSR count). The van der Waals surface area contributed by atoms with Gasteiger partial charge in [-0.15, -0.1) is 0 Å². The summed E-state index contributed by atoms with van der Waals surface area (Å²) in [5.41, 5.74) is 1.96. The minimum Gasteiger partial charge on any atom is -0.489 e. The van der Waals surface area contributed by atoms with E-state index in [1.165, 1.54) is 0 Å². The molecule has 0 aliphatic carbocycles. The van der Waals surface area contributed by atoms with E-state index in [-0.39, 0.29) is 6.03 Å². The zero-order valence-corrected chi connectivity index (χ0v) is 13.4. The number of nitriles is 1. The molecule has 0 aliphatic rings. The van der Waals surface area contributed by atoms with Crippen molar-refractivity contribution in [3.05, 3.63) is 66.4 Å². The van der Waals surface area contributed by atoms with E-state index < -0.39 is 0 Å². The Kier molecular flexibility index (Phi) is 5.07. The number of amides is 2. The van der Waals surface area contributed by atoms with E-state index >= 15 is 0 Å². The van der Waals surface area contributed by atoms with Crippen LogP contribution in [-0.2, 0) is 0 Å². The van der Waals surface area contributed by atoms with E-state index in [0.717, 1.165) is 10.9 Å². The van der Waals surface area contributed by atoms with Crippen molar-refractivity contribution < 1.29 is 9.53 Å². The number of urea groups is 1. The Bertz CT molecular complexity index is 911. The van der Waals surface area contributed by atoms with E-state index in [9.17, 15) is 4.79 Å². The number of pyridine rings is 1. The van der Waals surface area contributed by atoms with Gasteiger partial charge in [0.15, 0.2) is 0 Å². The molecule has 0 unspecified atom stereocenters. The van der Waals surface area contributed by atoms with E-state index in [1.54, 1.807) is 30.5 Å². The van der Waals surface area contributed by atoms with Crippen LogP contribution in [0.1, 0.15) is 5.56 Å². The number of aromatic nitrogens is 1. The van der Waals surface area contributed by atoms with Crippen LogP contribution in [0.25, 0.3) is 10.9 Å². The molecule has 2 amide bonds. The van der Waals surface area contributed by atoms with Crippen LogP contribution in [0.15, 0.2) is 60.8 Å². The first-order chi connectivity index (χ1) is 12.3. The van der Waals surface area contributed by atoms with Crippen molar-refractivity contribution in [1.82, 2.24) is 10.3 Å². The van der Waals surface area contributed by atoms with Gasteiger partial charge in [0.25, 0.3) is 0 Å². The number of hydrogen-bond donors (Lipinski definition) is 2. The molecule has 2 N–H and O–H groups in total. The fourth-order valence-corrected chi connectivity index (χ4v) is 2.32. The highest BCUT2D eigenvalue weighted by Crippen LogP contribution is 2.22. The summed E-state index contributed by atoms with van der Waals surface area (Å²) in [7, 11) is 0. The zero-order valence-electron chi connectivity index (χ0n) is 13.4. The number of nitrogens with zero attached hydrogens (tertiary/aromatic N) is 2. The molecule has 0 fully saturated rings. The number of benzene rings is 2. The minimum absolute atomic E-state index is 0.329. The molecule has 1 heterocycles. The monoisotopic (exact) mass is 332 g/mol. The summed E-state index contributed by atoms with van der Waals surface area (Å²) in [6, 6.07) is 17.9. The largest absolute Gasteiger partial charge is 0.489 e. The van der Waals surface area contributed by atoms with Crippen molar-refractivity contribution >= 4 is 22.6 Å². The van der Waals surface area contributed by atoms with Crippen molar-refractivity contribution in [2.75, 3.05) is 18.5 Å². The minimum atomic E-state index is -0.329. The van der Waals surface area contributed by atoms with Gasteiger partial charge in [0, 0.05) is 17.3 Å². The molecule has 1 aromatic heterocycles. The summed E-state index contributed by atoms with van der Waals surface area (Å²) < 4.78 is 5.71. The molecule has 0 radical (unpaired) electrons. The molecule has 0 saturated heterocycles. The lowest BCUT2D eigenvalue weighted by atomic mass is 10.2. The Labute approximate surface area is 145 Å². The molecule has 0 bridgehead atoms. The number of hydrogen-bond acceptors (Lipinski definition) is 4. The third-order valence-electron chi connectivity index (χ3n) is 3.51. The number of ether oxygens (including phenoxy) is 1. The van der Waals surface area contributed by atoms with E-state index in [0.29, 0.717) is 30.2 Å². The van der Waals surface area contributed by atoms with Crippen LogP contribution < -0.4 is 15.4 Å². The van der Waals surface area contributed by atoms with Crippen LogP contribution in [0.3, 0.4) is 0 Å². The quantitative estimate of drug-likeness (QED) is 0.702. The second-order valence-electron chi connectivity index (χ2n) is 5.25. The van der Waals surface area contributed by atoms with Crippen molar-refractivity contribution in [2.45, 2.75) is 0 Å². The van der Waals surface area contributed by atoms with Gasteiger partial charge in [0.1, 0.15) is 17.9 Å². The highest BCUT2D eigenvalue weighted by Gasteiger charge is 2.04. The number of carbonyl (C=O) groups is 1. The molecule has 0 spiro atoms. The Balaban J connectivity index is 1.47. The summed E-state index contributed by atoms with van der Waals surface area (Å²) in [5.74, 6) is 0.687. The zero-order chi connectivity index (χ0) is 17.5. The lowest BCUT2D eigenvalue weighted by molar-refractivity contribution is 0.247. The van der Waals surface area contributed by atoms with E-state index in [1.807, 2.05) is 36.4 Å². The number of carbonyl (C=O) groups excluding carboxylic acids is 1. The van der Waals surface area contributed by atoms with Gasteiger partial charge in [-0.05, 0) is 36.4 Å². The van der Waals surface area contributed by atoms with Crippen LogP contribution in [0.5, 0.6) is 5.75 Å². The van der Waals surface area contributed by atoms with Gasteiger partial charge in [-0.2, -0.15) is 5.26 Å². The summed E-state index contributed by atoms with van der Waals surface area (Å²) >= 11 is 0. The van der Waals surface area contributed by atoms with Gasteiger partial charge in [0.2, 0.25) is 0 Å². The summed E-state index contributed by atoms with van der Waals surface area (Å²) in [5, 5.41) is 15.2. The number of para-hydroxylation sites is 1. The average Bonchev–Trinajstić information content (AvgIpc) is 2.66. The standard InChI is InChI=1S/C19H16N4O2/c20-13-14-6-8-16(9-7-14)23-19(24)22-11-12-25-17-5-1-3-15-4-2-10-21-18(15)17/h1-10H,11-12H2,(H2,22,23,24). The fraction of sp³-hybridized carbons (Fsp3) is 0.105. The van der Waals surface area contributed by atoms with Gasteiger partial charge < -0.3 is 15.4 Å². The van der Waals surface area contributed by atoms with Gasteiger partial charge in [-0.3, -0.25) is 4.98 Å². The fourth-order valence-electron chi connectivity index (χ4n) is 2.32. The van der Waals surface area contributed by atoms with Crippen molar-refractivity contribution in [1.29, 1.82) is 5.26 Å². The molecule has 0 saturated carbocycles. The van der Waals surface area contributed by atoms with Gasteiger partial charge in [-0.25, -0.2) is 4.79 Å². The molecular formula is C19H16N4O2. The van der Waals surface area contributed by atoms with Crippen LogP contribution in [0.2, 0.25) is 0 Å². The number of fused-ring (bicyclic) bond motifs is 1. The Morgan fingerprint density at radius 3 is 2.72 bits per heavy atom.